The van der Waals surface area contributed by atoms with E-state index >= 15 is 0 Å². The van der Waals surface area contributed by atoms with Gasteiger partial charge in [-0.05, 0) is 86.1 Å². The Hall–Kier alpha value is -3.06. The number of carboxylic acid groups (broad SMARTS) is 1. The minimum Gasteiger partial charge on any atom is -0.481 e. The first-order valence-corrected chi connectivity index (χ1v) is 13.7. The molecule has 1 spiro atoms. The number of hydrogen-bond acceptors (Lipinski definition) is 4. The van der Waals surface area contributed by atoms with E-state index in [1.807, 2.05) is 4.68 Å². The Labute approximate surface area is 220 Å². The number of aromatic nitrogens is 2. The fourth-order valence-corrected chi connectivity index (χ4v) is 7.37. The maximum absolute atomic E-state index is 13.4. The van der Waals surface area contributed by atoms with Crippen LogP contribution in [0.3, 0.4) is 0 Å². The van der Waals surface area contributed by atoms with Crippen molar-refractivity contribution >= 4 is 40.1 Å². The van der Waals surface area contributed by atoms with Gasteiger partial charge >= 0.3 is 5.97 Å². The number of nitrogens with one attached hydrogen (secondary N) is 1. The SMILES string of the molecule is CC(c1ccc(N2C[C@H]3C[C@H]3C2)cc1)n1ncc2c(Cl)ccc(C(=O)NC3CC4(C3)CC(C(=O)O)C4)c21. The molecule has 192 valence electrons. The topological polar surface area (TPSA) is 87.5 Å². The Morgan fingerprint density at radius 1 is 1.08 bits per heavy atom. The molecule has 8 heteroatoms. The molecule has 4 fully saturated rings. The van der Waals surface area contributed by atoms with Gasteiger partial charge in [0.05, 0.1) is 34.3 Å². The molecule has 1 amide bonds. The van der Waals surface area contributed by atoms with Gasteiger partial charge in [-0.1, -0.05) is 23.7 Å². The van der Waals surface area contributed by atoms with E-state index in [2.05, 4.69) is 46.5 Å². The van der Waals surface area contributed by atoms with Crippen LogP contribution in [-0.2, 0) is 4.79 Å². The number of rotatable bonds is 6. The second-order valence-electron chi connectivity index (χ2n) is 11.9. The zero-order valence-electron chi connectivity index (χ0n) is 20.9. The van der Waals surface area contributed by atoms with Crippen LogP contribution in [0.4, 0.5) is 5.69 Å². The Morgan fingerprint density at radius 2 is 1.78 bits per heavy atom. The summed E-state index contributed by atoms with van der Waals surface area (Å²) in [4.78, 5) is 27.0. The highest BCUT2D eigenvalue weighted by Crippen LogP contribution is 2.58. The quantitative estimate of drug-likeness (QED) is 0.472. The number of benzene rings is 2. The number of nitrogens with zero attached hydrogens (tertiary/aromatic N) is 3. The van der Waals surface area contributed by atoms with Crippen molar-refractivity contribution in [3.05, 3.63) is 58.7 Å². The number of carbonyl (C=O) groups excluding carboxylic acids is 1. The second kappa shape index (κ2) is 8.22. The fourth-order valence-electron chi connectivity index (χ4n) is 7.17. The highest BCUT2D eigenvalue weighted by atomic mass is 35.5. The molecule has 2 N–H and O–H groups in total. The highest BCUT2D eigenvalue weighted by Gasteiger charge is 2.55. The number of carboxylic acids is 1. The number of anilines is 1. The molecule has 7 rings (SSSR count). The van der Waals surface area contributed by atoms with E-state index in [-0.39, 0.29) is 29.3 Å². The lowest BCUT2D eigenvalue weighted by atomic mass is 9.50. The molecule has 3 aliphatic carbocycles. The molecule has 3 atom stereocenters. The summed E-state index contributed by atoms with van der Waals surface area (Å²) in [7, 11) is 0. The number of halogens is 1. The van der Waals surface area contributed by atoms with Gasteiger partial charge in [-0.25, -0.2) is 0 Å². The van der Waals surface area contributed by atoms with Crippen molar-refractivity contribution in [3.63, 3.8) is 0 Å². The minimum absolute atomic E-state index is 0.0709. The molecule has 1 aliphatic heterocycles. The van der Waals surface area contributed by atoms with Crippen molar-refractivity contribution in [1.29, 1.82) is 0 Å². The van der Waals surface area contributed by atoms with Crippen molar-refractivity contribution in [1.82, 2.24) is 15.1 Å². The first-order chi connectivity index (χ1) is 17.8. The molecule has 1 aromatic heterocycles. The van der Waals surface area contributed by atoms with E-state index in [0.717, 1.165) is 54.0 Å². The van der Waals surface area contributed by atoms with E-state index < -0.39 is 5.97 Å². The van der Waals surface area contributed by atoms with Gasteiger partial charge in [0, 0.05) is 30.2 Å². The van der Waals surface area contributed by atoms with Gasteiger partial charge < -0.3 is 15.3 Å². The van der Waals surface area contributed by atoms with Crippen molar-refractivity contribution in [2.24, 2.45) is 23.2 Å². The monoisotopic (exact) mass is 518 g/mol. The van der Waals surface area contributed by atoms with Crippen LogP contribution in [0.5, 0.6) is 0 Å². The van der Waals surface area contributed by atoms with E-state index in [0.29, 0.717) is 10.6 Å². The number of piperidine rings is 1. The summed E-state index contributed by atoms with van der Waals surface area (Å²) < 4.78 is 1.90. The molecule has 37 heavy (non-hydrogen) atoms. The van der Waals surface area contributed by atoms with E-state index in [1.165, 1.54) is 25.2 Å². The summed E-state index contributed by atoms with van der Waals surface area (Å²) in [6.07, 6.45) is 6.28. The van der Waals surface area contributed by atoms with E-state index in [9.17, 15) is 14.7 Å². The summed E-state index contributed by atoms with van der Waals surface area (Å²) >= 11 is 6.52. The van der Waals surface area contributed by atoms with E-state index in [1.54, 1.807) is 18.3 Å². The molecule has 2 aromatic carbocycles. The molecular weight excluding hydrogens is 488 g/mol. The van der Waals surface area contributed by atoms with Crippen LogP contribution < -0.4 is 10.2 Å². The lowest BCUT2D eigenvalue weighted by Gasteiger charge is -2.56. The third-order valence-corrected chi connectivity index (χ3v) is 9.77. The second-order valence-corrected chi connectivity index (χ2v) is 12.3. The van der Waals surface area contributed by atoms with Crippen LogP contribution >= 0.6 is 11.6 Å². The van der Waals surface area contributed by atoms with E-state index in [4.69, 9.17) is 11.6 Å². The summed E-state index contributed by atoms with van der Waals surface area (Å²) in [5.41, 5.74) is 3.81. The summed E-state index contributed by atoms with van der Waals surface area (Å²) in [6.45, 7) is 4.44. The van der Waals surface area contributed by atoms with Crippen molar-refractivity contribution in [2.45, 2.75) is 51.1 Å². The lowest BCUT2D eigenvalue weighted by molar-refractivity contribution is -0.155. The number of fused-ring (bicyclic) bond motifs is 2. The lowest BCUT2D eigenvalue weighted by Crippen LogP contribution is -2.57. The van der Waals surface area contributed by atoms with Crippen molar-refractivity contribution < 1.29 is 14.7 Å². The Balaban J connectivity index is 1.10. The van der Waals surface area contributed by atoms with Crippen molar-refractivity contribution in [3.8, 4) is 0 Å². The Morgan fingerprint density at radius 3 is 2.46 bits per heavy atom. The molecular formula is C29H31ClN4O3. The summed E-state index contributed by atoms with van der Waals surface area (Å²) in [6, 6.07) is 12.3. The van der Waals surface area contributed by atoms with Crippen LogP contribution in [0.25, 0.3) is 10.9 Å². The smallest absolute Gasteiger partial charge is 0.306 e. The Kier molecular flexibility index (Phi) is 5.13. The zero-order valence-corrected chi connectivity index (χ0v) is 21.6. The van der Waals surface area contributed by atoms with Gasteiger partial charge in [0.1, 0.15) is 0 Å². The molecule has 3 saturated carbocycles. The Bertz CT molecular complexity index is 1390. The predicted octanol–water partition coefficient (Wildman–Crippen LogP) is 5.13. The molecule has 0 bridgehead atoms. The van der Waals surface area contributed by atoms with Crippen LogP contribution in [-0.4, -0.2) is 45.9 Å². The van der Waals surface area contributed by atoms with Gasteiger partial charge in [-0.3, -0.25) is 14.3 Å². The maximum Gasteiger partial charge on any atom is 0.306 e. The van der Waals surface area contributed by atoms with Gasteiger partial charge in [0.15, 0.2) is 0 Å². The van der Waals surface area contributed by atoms with Gasteiger partial charge in [-0.2, -0.15) is 5.10 Å². The normalized spacial score (nSPS) is 30.5. The van der Waals surface area contributed by atoms with Crippen LogP contribution in [0.1, 0.15) is 61.0 Å². The average Bonchev–Trinajstić information content (AvgIpc) is 3.23. The highest BCUT2D eigenvalue weighted by molar-refractivity contribution is 6.36. The maximum atomic E-state index is 13.4. The van der Waals surface area contributed by atoms with Crippen LogP contribution in [0.2, 0.25) is 5.02 Å². The molecule has 2 heterocycles. The van der Waals surface area contributed by atoms with Crippen LogP contribution in [0.15, 0.2) is 42.6 Å². The zero-order chi connectivity index (χ0) is 25.5. The molecule has 3 aromatic rings. The third-order valence-electron chi connectivity index (χ3n) is 9.44. The summed E-state index contributed by atoms with van der Waals surface area (Å²) in [5, 5.41) is 18.4. The number of amides is 1. The minimum atomic E-state index is -0.703. The van der Waals surface area contributed by atoms with Gasteiger partial charge in [0.2, 0.25) is 0 Å². The fraction of sp³-hybridized carbons (Fsp3) is 0.483. The standard InChI is InChI=1S/C29H31ClN4O3/c1-16(17-2-4-22(5-3-17)33-14-18-8-19(18)15-33)34-26-23(6-7-25(30)24(26)13-31-34)27(35)32-21-11-29(12-21)9-20(10-29)28(36)37/h2-7,13,16,18-21H,8-12,14-15H2,1H3,(H,32,35)(H,36,37)/t16?,18-,19+,20?,21?,29?. The van der Waals surface area contributed by atoms with Gasteiger partial charge in [0.25, 0.3) is 5.91 Å². The number of aliphatic carboxylic acids is 1. The summed E-state index contributed by atoms with van der Waals surface area (Å²) in [5.74, 6) is 0.727. The van der Waals surface area contributed by atoms with Gasteiger partial charge in [-0.15, -0.1) is 0 Å². The third kappa shape index (κ3) is 3.81. The number of hydrogen-bond donors (Lipinski definition) is 2. The largest absolute Gasteiger partial charge is 0.481 e. The average molecular weight is 519 g/mol. The molecule has 0 radical (unpaired) electrons. The molecule has 4 aliphatic rings. The predicted molar refractivity (Wildman–Crippen MR) is 142 cm³/mol. The first kappa shape index (κ1) is 23.1. The number of carbonyl (C=O) groups is 2. The molecule has 1 unspecified atom stereocenters. The molecule has 7 nitrogen and oxygen atoms in total. The van der Waals surface area contributed by atoms with Crippen molar-refractivity contribution in [2.75, 3.05) is 18.0 Å². The van der Waals surface area contributed by atoms with Crippen LogP contribution in [0, 0.1) is 23.2 Å². The molecule has 1 saturated heterocycles. The first-order valence-electron chi connectivity index (χ1n) is 13.3.